The first kappa shape index (κ1) is 22.7. The van der Waals surface area contributed by atoms with Crippen LogP contribution < -0.4 is 5.32 Å². The Bertz CT molecular complexity index is 900. The SMILES string of the molecule is C=C(NCc1ccc(Cl)c(F)c1)OCCCCn1cnc(C(=C)C)c1N=C(C)C. The Morgan fingerprint density at radius 2 is 2.03 bits per heavy atom. The van der Waals surface area contributed by atoms with Gasteiger partial charge in [-0.2, -0.15) is 0 Å². The zero-order valence-electron chi connectivity index (χ0n) is 17.3. The van der Waals surface area contributed by atoms with Gasteiger partial charge in [-0.3, -0.25) is 0 Å². The molecule has 0 aliphatic rings. The predicted octanol–water partition coefficient (Wildman–Crippen LogP) is 5.88. The highest BCUT2D eigenvalue weighted by atomic mass is 35.5. The van der Waals surface area contributed by atoms with Gasteiger partial charge in [-0.05, 0) is 63.5 Å². The van der Waals surface area contributed by atoms with Crippen molar-refractivity contribution in [3.8, 4) is 0 Å². The number of imidazole rings is 1. The lowest BCUT2D eigenvalue weighted by Crippen LogP contribution is -2.15. The van der Waals surface area contributed by atoms with Crippen molar-refractivity contribution in [2.45, 2.75) is 46.7 Å². The Hall–Kier alpha value is -2.60. The molecule has 0 saturated heterocycles. The van der Waals surface area contributed by atoms with Crippen molar-refractivity contribution >= 4 is 28.7 Å². The van der Waals surface area contributed by atoms with Gasteiger partial charge in [0.1, 0.15) is 11.5 Å². The molecule has 0 saturated carbocycles. The number of nitrogens with one attached hydrogen (secondary N) is 1. The Morgan fingerprint density at radius 3 is 2.69 bits per heavy atom. The van der Waals surface area contributed by atoms with Gasteiger partial charge in [0.05, 0.1) is 18.0 Å². The van der Waals surface area contributed by atoms with E-state index in [4.69, 9.17) is 16.3 Å². The number of aliphatic imine (C=N–C) groups is 1. The number of hydrogen-bond donors (Lipinski definition) is 1. The molecule has 0 aliphatic carbocycles. The van der Waals surface area contributed by atoms with Crippen LogP contribution in [0.5, 0.6) is 0 Å². The van der Waals surface area contributed by atoms with E-state index in [1.165, 1.54) is 12.1 Å². The summed E-state index contributed by atoms with van der Waals surface area (Å²) < 4.78 is 21.1. The molecule has 0 aliphatic heterocycles. The van der Waals surface area contributed by atoms with Gasteiger partial charge in [-0.15, -0.1) is 0 Å². The van der Waals surface area contributed by atoms with Gasteiger partial charge >= 0.3 is 0 Å². The summed E-state index contributed by atoms with van der Waals surface area (Å²) in [7, 11) is 0. The molecule has 0 fully saturated rings. The molecule has 0 radical (unpaired) electrons. The number of aromatic nitrogens is 2. The van der Waals surface area contributed by atoms with E-state index in [-0.39, 0.29) is 5.02 Å². The van der Waals surface area contributed by atoms with Crippen molar-refractivity contribution in [2.75, 3.05) is 6.61 Å². The van der Waals surface area contributed by atoms with Gasteiger partial charge in [0, 0.05) is 18.8 Å². The summed E-state index contributed by atoms with van der Waals surface area (Å²) in [6, 6.07) is 4.68. The fraction of sp³-hybridized carbons (Fsp3) is 0.364. The molecule has 1 aromatic heterocycles. The average Bonchev–Trinajstić information content (AvgIpc) is 3.04. The summed E-state index contributed by atoms with van der Waals surface area (Å²) in [6.45, 7) is 15.4. The highest BCUT2D eigenvalue weighted by molar-refractivity contribution is 6.30. The zero-order chi connectivity index (χ0) is 21.4. The van der Waals surface area contributed by atoms with Gasteiger partial charge in [-0.1, -0.05) is 24.2 Å². The first-order valence-electron chi connectivity index (χ1n) is 9.50. The second-order valence-corrected chi connectivity index (χ2v) is 7.44. The summed E-state index contributed by atoms with van der Waals surface area (Å²) in [4.78, 5) is 9.02. The summed E-state index contributed by atoms with van der Waals surface area (Å²) >= 11 is 5.68. The van der Waals surface area contributed by atoms with E-state index < -0.39 is 5.82 Å². The Kier molecular flexibility index (Phi) is 8.46. The maximum atomic E-state index is 13.4. The van der Waals surface area contributed by atoms with Crippen LogP contribution in [-0.4, -0.2) is 21.9 Å². The topological polar surface area (TPSA) is 51.4 Å². The van der Waals surface area contributed by atoms with Crippen LogP contribution in [-0.2, 0) is 17.8 Å². The third kappa shape index (κ3) is 7.06. The average molecular weight is 419 g/mol. The maximum absolute atomic E-state index is 13.4. The highest BCUT2D eigenvalue weighted by Crippen LogP contribution is 2.25. The van der Waals surface area contributed by atoms with E-state index in [0.717, 1.165) is 47.7 Å². The van der Waals surface area contributed by atoms with Crippen LogP contribution in [0.1, 0.15) is 44.9 Å². The molecule has 1 N–H and O–H groups in total. The molecule has 2 aromatic rings. The van der Waals surface area contributed by atoms with Gasteiger partial charge in [-0.25, -0.2) is 14.4 Å². The van der Waals surface area contributed by atoms with Crippen molar-refractivity contribution in [1.82, 2.24) is 14.9 Å². The van der Waals surface area contributed by atoms with Gasteiger partial charge in [0.25, 0.3) is 0 Å². The molecule has 29 heavy (non-hydrogen) atoms. The molecular weight excluding hydrogens is 391 g/mol. The third-order valence-corrected chi connectivity index (χ3v) is 4.39. The fourth-order valence-corrected chi connectivity index (χ4v) is 2.77. The lowest BCUT2D eigenvalue weighted by Gasteiger charge is -2.12. The summed E-state index contributed by atoms with van der Waals surface area (Å²) in [5.41, 5.74) is 3.47. The minimum Gasteiger partial charge on any atom is -0.480 e. The summed E-state index contributed by atoms with van der Waals surface area (Å²) in [5, 5.41) is 3.14. The largest absolute Gasteiger partial charge is 0.480 e. The number of aryl methyl sites for hydroxylation is 1. The van der Waals surface area contributed by atoms with E-state index in [0.29, 0.717) is 19.0 Å². The van der Waals surface area contributed by atoms with E-state index in [1.807, 2.05) is 25.3 Å². The monoisotopic (exact) mass is 418 g/mol. The third-order valence-electron chi connectivity index (χ3n) is 4.09. The smallest absolute Gasteiger partial charge is 0.179 e. The van der Waals surface area contributed by atoms with Crippen molar-refractivity contribution in [2.24, 2.45) is 4.99 Å². The molecule has 0 amide bonds. The molecule has 0 atom stereocenters. The minimum absolute atomic E-state index is 0.111. The van der Waals surface area contributed by atoms with E-state index in [9.17, 15) is 4.39 Å². The number of hydrogen-bond acceptors (Lipinski definition) is 4. The first-order chi connectivity index (χ1) is 13.8. The molecule has 156 valence electrons. The molecule has 0 bridgehead atoms. The molecule has 7 heteroatoms. The van der Waals surface area contributed by atoms with Gasteiger partial charge in [0.2, 0.25) is 0 Å². The predicted molar refractivity (Wildman–Crippen MR) is 118 cm³/mol. The number of allylic oxidation sites excluding steroid dienone is 1. The maximum Gasteiger partial charge on any atom is 0.179 e. The number of nitrogens with zero attached hydrogens (tertiary/aromatic N) is 3. The van der Waals surface area contributed by atoms with Crippen LogP contribution >= 0.6 is 11.6 Å². The van der Waals surface area contributed by atoms with E-state index >= 15 is 0 Å². The Balaban J connectivity index is 1.74. The quantitative estimate of drug-likeness (QED) is 0.281. The van der Waals surface area contributed by atoms with Crippen molar-refractivity contribution in [3.63, 3.8) is 0 Å². The van der Waals surface area contributed by atoms with Crippen molar-refractivity contribution in [1.29, 1.82) is 0 Å². The van der Waals surface area contributed by atoms with Gasteiger partial charge in [0.15, 0.2) is 11.7 Å². The number of halogens is 2. The summed E-state index contributed by atoms with van der Waals surface area (Å²) in [6.07, 6.45) is 3.57. The Labute approximate surface area is 177 Å². The highest BCUT2D eigenvalue weighted by Gasteiger charge is 2.10. The molecular formula is C22H28ClFN4O. The standard InChI is InChI=1S/C22H28ClFN4O/c1-15(2)21-22(27-16(3)4)28(14-26-21)10-6-7-11-29-17(5)25-13-18-8-9-19(23)20(24)12-18/h8-9,12,14,25H,1,5-7,10-11,13H2,2-4H3. The fourth-order valence-electron chi connectivity index (χ4n) is 2.65. The van der Waals surface area contributed by atoms with Crippen LogP contribution in [0.2, 0.25) is 5.02 Å². The van der Waals surface area contributed by atoms with Crippen LogP contribution in [0.3, 0.4) is 0 Å². The van der Waals surface area contributed by atoms with Crippen LogP contribution in [0.15, 0.2) is 48.6 Å². The molecule has 0 unspecified atom stereocenters. The molecule has 2 rings (SSSR count). The molecule has 1 heterocycles. The molecule has 0 spiro atoms. The van der Waals surface area contributed by atoms with Crippen LogP contribution in [0, 0.1) is 5.82 Å². The number of rotatable bonds is 11. The second-order valence-electron chi connectivity index (χ2n) is 7.03. The van der Waals surface area contributed by atoms with Crippen molar-refractivity contribution < 1.29 is 9.13 Å². The van der Waals surface area contributed by atoms with Gasteiger partial charge < -0.3 is 14.6 Å². The second kappa shape index (κ2) is 10.8. The lowest BCUT2D eigenvalue weighted by atomic mass is 10.2. The number of ether oxygens (including phenoxy) is 1. The first-order valence-corrected chi connectivity index (χ1v) is 9.88. The number of benzene rings is 1. The lowest BCUT2D eigenvalue weighted by molar-refractivity contribution is 0.185. The normalized spacial score (nSPS) is 10.5. The van der Waals surface area contributed by atoms with Crippen LogP contribution in [0.25, 0.3) is 5.57 Å². The Morgan fingerprint density at radius 1 is 1.28 bits per heavy atom. The minimum atomic E-state index is -0.436. The van der Waals surface area contributed by atoms with Crippen LogP contribution in [0.4, 0.5) is 10.2 Å². The van der Waals surface area contributed by atoms with Crippen molar-refractivity contribution in [3.05, 3.63) is 65.7 Å². The molecule has 1 aromatic carbocycles. The van der Waals surface area contributed by atoms with E-state index in [1.54, 1.807) is 12.4 Å². The zero-order valence-corrected chi connectivity index (χ0v) is 18.0. The van der Waals surface area contributed by atoms with E-state index in [2.05, 4.69) is 28.5 Å². The molecule has 5 nitrogen and oxygen atoms in total. The number of unbranched alkanes of at least 4 members (excludes halogenated alkanes) is 1. The summed E-state index contributed by atoms with van der Waals surface area (Å²) in [5.74, 6) is 0.868.